The molecule has 8 heteroatoms. The molecule has 0 unspecified atom stereocenters. The van der Waals surface area contributed by atoms with Crippen molar-refractivity contribution in [2.24, 2.45) is 7.05 Å². The Labute approximate surface area is 148 Å². The van der Waals surface area contributed by atoms with E-state index in [0.29, 0.717) is 17.2 Å². The second-order valence-electron chi connectivity index (χ2n) is 5.99. The third-order valence-electron chi connectivity index (χ3n) is 4.12. The van der Waals surface area contributed by atoms with Gasteiger partial charge in [-0.3, -0.25) is 4.68 Å². The molecule has 0 aliphatic rings. The minimum absolute atomic E-state index is 0.228. The Bertz CT molecular complexity index is 931. The van der Waals surface area contributed by atoms with E-state index in [2.05, 4.69) is 20.4 Å². The van der Waals surface area contributed by atoms with Crippen LogP contribution in [0.25, 0.3) is 11.4 Å². The van der Waals surface area contributed by atoms with Crippen LogP contribution in [-0.2, 0) is 19.8 Å². The monoisotopic (exact) mass is 361 g/mol. The zero-order valence-electron chi connectivity index (χ0n) is 14.6. The first kappa shape index (κ1) is 17.9. The highest BCUT2D eigenvalue weighted by atomic mass is 19.4. The van der Waals surface area contributed by atoms with Crippen molar-refractivity contribution in [3.63, 3.8) is 0 Å². The average Bonchev–Trinajstić information content (AvgIpc) is 2.85. The molecular weight excluding hydrogens is 343 g/mol. The van der Waals surface area contributed by atoms with Gasteiger partial charge >= 0.3 is 6.18 Å². The topological polar surface area (TPSA) is 55.6 Å². The molecule has 26 heavy (non-hydrogen) atoms. The van der Waals surface area contributed by atoms with Gasteiger partial charge < -0.3 is 5.32 Å². The van der Waals surface area contributed by atoms with Crippen molar-refractivity contribution in [1.82, 2.24) is 19.7 Å². The molecular formula is C18H18F3N5. The number of anilines is 1. The molecule has 0 saturated heterocycles. The molecule has 0 atom stereocenters. The first-order chi connectivity index (χ1) is 12.3. The Hall–Kier alpha value is -2.90. The van der Waals surface area contributed by atoms with Crippen molar-refractivity contribution in [3.8, 4) is 11.4 Å². The second kappa shape index (κ2) is 6.78. The van der Waals surface area contributed by atoms with Gasteiger partial charge in [-0.15, -0.1) is 0 Å². The summed E-state index contributed by atoms with van der Waals surface area (Å²) in [6, 6.07) is 6.90. The van der Waals surface area contributed by atoms with Crippen LogP contribution in [0.1, 0.15) is 22.5 Å². The highest BCUT2D eigenvalue weighted by Crippen LogP contribution is 2.29. The SMILES string of the molecule is Cc1nn(C)c(C)c1-c1nccc(NCc2cccc(C(F)(F)F)c2)n1. The Balaban J connectivity index is 1.80. The quantitative estimate of drug-likeness (QED) is 0.759. The summed E-state index contributed by atoms with van der Waals surface area (Å²) in [5.74, 6) is 1.07. The van der Waals surface area contributed by atoms with E-state index in [9.17, 15) is 13.2 Å². The van der Waals surface area contributed by atoms with Crippen LogP contribution in [0.2, 0.25) is 0 Å². The van der Waals surface area contributed by atoms with Crippen molar-refractivity contribution in [2.45, 2.75) is 26.6 Å². The molecule has 0 spiro atoms. The van der Waals surface area contributed by atoms with Crippen LogP contribution in [0.3, 0.4) is 0 Å². The maximum absolute atomic E-state index is 12.8. The van der Waals surface area contributed by atoms with Crippen molar-refractivity contribution < 1.29 is 13.2 Å². The summed E-state index contributed by atoms with van der Waals surface area (Å²) in [5.41, 5.74) is 2.48. The molecule has 3 rings (SSSR count). The lowest BCUT2D eigenvalue weighted by molar-refractivity contribution is -0.137. The minimum Gasteiger partial charge on any atom is -0.366 e. The van der Waals surface area contributed by atoms with Crippen molar-refractivity contribution in [2.75, 3.05) is 5.32 Å². The van der Waals surface area contributed by atoms with Gasteiger partial charge in [0, 0.05) is 25.5 Å². The number of benzene rings is 1. The van der Waals surface area contributed by atoms with Gasteiger partial charge in [0.2, 0.25) is 0 Å². The van der Waals surface area contributed by atoms with Gasteiger partial charge in [-0.05, 0) is 37.6 Å². The van der Waals surface area contributed by atoms with E-state index in [1.54, 1.807) is 23.0 Å². The number of rotatable bonds is 4. The van der Waals surface area contributed by atoms with Gasteiger partial charge in [0.25, 0.3) is 0 Å². The fourth-order valence-corrected chi connectivity index (χ4v) is 2.73. The zero-order valence-corrected chi connectivity index (χ0v) is 14.6. The molecule has 5 nitrogen and oxygen atoms in total. The van der Waals surface area contributed by atoms with Crippen LogP contribution in [0, 0.1) is 13.8 Å². The first-order valence-electron chi connectivity index (χ1n) is 7.99. The molecule has 0 saturated carbocycles. The fourth-order valence-electron chi connectivity index (χ4n) is 2.73. The molecule has 0 amide bonds. The van der Waals surface area contributed by atoms with E-state index < -0.39 is 11.7 Å². The summed E-state index contributed by atoms with van der Waals surface area (Å²) in [7, 11) is 1.85. The van der Waals surface area contributed by atoms with Crippen molar-refractivity contribution >= 4 is 5.82 Å². The van der Waals surface area contributed by atoms with E-state index in [-0.39, 0.29) is 6.54 Å². The summed E-state index contributed by atoms with van der Waals surface area (Å²) in [6.07, 6.45) is -2.74. The largest absolute Gasteiger partial charge is 0.416 e. The number of nitrogens with zero attached hydrogens (tertiary/aromatic N) is 4. The number of alkyl halides is 3. The minimum atomic E-state index is -4.35. The number of hydrogen-bond acceptors (Lipinski definition) is 4. The van der Waals surface area contributed by atoms with Crippen molar-refractivity contribution in [1.29, 1.82) is 0 Å². The van der Waals surface area contributed by atoms with Crippen LogP contribution < -0.4 is 5.32 Å². The predicted molar refractivity (Wildman–Crippen MR) is 92.5 cm³/mol. The maximum Gasteiger partial charge on any atom is 0.416 e. The second-order valence-corrected chi connectivity index (χ2v) is 5.99. The third-order valence-corrected chi connectivity index (χ3v) is 4.12. The lowest BCUT2D eigenvalue weighted by Gasteiger charge is -2.10. The van der Waals surface area contributed by atoms with Gasteiger partial charge in [0.05, 0.1) is 16.8 Å². The highest BCUT2D eigenvalue weighted by molar-refractivity contribution is 5.62. The summed E-state index contributed by atoms with van der Waals surface area (Å²) in [4.78, 5) is 8.76. The third kappa shape index (κ3) is 3.68. The van der Waals surface area contributed by atoms with Gasteiger partial charge in [-0.2, -0.15) is 18.3 Å². The molecule has 0 aliphatic carbocycles. The molecule has 2 aromatic heterocycles. The van der Waals surface area contributed by atoms with Crippen molar-refractivity contribution in [3.05, 3.63) is 59.0 Å². The molecule has 1 N–H and O–H groups in total. The van der Waals surface area contributed by atoms with Crippen LogP contribution >= 0.6 is 0 Å². The Morgan fingerprint density at radius 3 is 2.58 bits per heavy atom. The Kier molecular flexibility index (Phi) is 4.67. The molecule has 0 fully saturated rings. The predicted octanol–water partition coefficient (Wildman–Crippen LogP) is 4.12. The average molecular weight is 361 g/mol. The zero-order chi connectivity index (χ0) is 18.9. The Morgan fingerprint density at radius 2 is 1.92 bits per heavy atom. The standard InChI is InChI=1S/C18H18F3N5/c1-11-16(12(2)26(3)25-11)17-22-8-7-15(24-17)23-10-13-5-4-6-14(9-13)18(19,20)21/h4-9H,10H2,1-3H3,(H,22,23,24). The summed E-state index contributed by atoms with van der Waals surface area (Å²) in [5, 5.41) is 7.40. The summed E-state index contributed by atoms with van der Waals surface area (Å²) < 4.78 is 40.2. The van der Waals surface area contributed by atoms with E-state index in [1.165, 1.54) is 6.07 Å². The van der Waals surface area contributed by atoms with E-state index >= 15 is 0 Å². The number of aryl methyl sites for hydroxylation is 2. The van der Waals surface area contributed by atoms with Gasteiger partial charge in [0.15, 0.2) is 5.82 Å². The maximum atomic E-state index is 12.8. The smallest absolute Gasteiger partial charge is 0.366 e. The molecule has 0 radical (unpaired) electrons. The van der Waals surface area contributed by atoms with E-state index in [4.69, 9.17) is 0 Å². The number of hydrogen-bond donors (Lipinski definition) is 1. The van der Waals surface area contributed by atoms with Crippen LogP contribution in [0.5, 0.6) is 0 Å². The summed E-state index contributed by atoms with van der Waals surface area (Å²) in [6.45, 7) is 4.04. The molecule has 0 bridgehead atoms. The number of nitrogens with one attached hydrogen (secondary N) is 1. The normalized spacial score (nSPS) is 11.6. The van der Waals surface area contributed by atoms with Gasteiger partial charge in [0.1, 0.15) is 5.82 Å². The van der Waals surface area contributed by atoms with E-state index in [1.807, 2.05) is 20.9 Å². The molecule has 2 heterocycles. The first-order valence-corrected chi connectivity index (χ1v) is 7.99. The summed E-state index contributed by atoms with van der Waals surface area (Å²) >= 11 is 0. The number of aromatic nitrogens is 4. The Morgan fingerprint density at radius 1 is 1.15 bits per heavy atom. The van der Waals surface area contributed by atoms with Crippen LogP contribution in [-0.4, -0.2) is 19.7 Å². The highest BCUT2D eigenvalue weighted by Gasteiger charge is 2.30. The van der Waals surface area contributed by atoms with Gasteiger partial charge in [-0.1, -0.05) is 12.1 Å². The van der Waals surface area contributed by atoms with Gasteiger partial charge in [-0.25, -0.2) is 9.97 Å². The molecule has 1 aromatic carbocycles. The number of halogens is 3. The van der Waals surface area contributed by atoms with Crippen LogP contribution in [0.4, 0.5) is 19.0 Å². The lowest BCUT2D eigenvalue weighted by Crippen LogP contribution is -2.07. The molecule has 136 valence electrons. The lowest BCUT2D eigenvalue weighted by atomic mass is 10.1. The van der Waals surface area contributed by atoms with Crippen LogP contribution in [0.15, 0.2) is 36.5 Å². The fraction of sp³-hybridized carbons (Fsp3) is 0.278. The molecule has 0 aliphatic heterocycles. The van der Waals surface area contributed by atoms with E-state index in [0.717, 1.165) is 29.1 Å². The molecule has 3 aromatic rings.